The highest BCUT2D eigenvalue weighted by atomic mass is 35.5. The number of carbonyl (C=O) groups excluding carboxylic acids is 2. The zero-order valence-electron chi connectivity index (χ0n) is 12.0. The van der Waals surface area contributed by atoms with Crippen LogP contribution in [-0.2, 0) is 9.59 Å². The summed E-state index contributed by atoms with van der Waals surface area (Å²) in [6.45, 7) is 5.82. The van der Waals surface area contributed by atoms with Gasteiger partial charge in [-0.1, -0.05) is 12.1 Å². The molecule has 2 amide bonds. The SMILES string of the molecule is CC(C)N1C(=O)CC(C)N(C(=O)CCl)c2ccccc21. The minimum absolute atomic E-state index is 0.0322. The number of anilines is 2. The first-order chi connectivity index (χ1) is 9.47. The molecule has 0 aromatic heterocycles. The van der Waals surface area contributed by atoms with Crippen molar-refractivity contribution in [1.82, 2.24) is 0 Å². The summed E-state index contributed by atoms with van der Waals surface area (Å²) in [6.07, 6.45) is 0.301. The maximum atomic E-state index is 12.4. The van der Waals surface area contributed by atoms with E-state index in [9.17, 15) is 9.59 Å². The Kier molecular flexibility index (Phi) is 4.33. The number of para-hydroxylation sites is 2. The van der Waals surface area contributed by atoms with Crippen LogP contribution in [0.4, 0.5) is 11.4 Å². The first kappa shape index (κ1) is 14.9. The van der Waals surface area contributed by atoms with E-state index in [1.54, 1.807) is 9.80 Å². The van der Waals surface area contributed by atoms with E-state index in [2.05, 4.69) is 0 Å². The summed E-state index contributed by atoms with van der Waals surface area (Å²) in [5.41, 5.74) is 1.53. The van der Waals surface area contributed by atoms with Gasteiger partial charge in [-0.2, -0.15) is 0 Å². The van der Waals surface area contributed by atoms with E-state index >= 15 is 0 Å². The van der Waals surface area contributed by atoms with Gasteiger partial charge in [0.1, 0.15) is 5.88 Å². The van der Waals surface area contributed by atoms with Gasteiger partial charge in [-0.3, -0.25) is 9.59 Å². The number of amides is 2. The molecule has 4 nitrogen and oxygen atoms in total. The van der Waals surface area contributed by atoms with Crippen LogP contribution in [0.15, 0.2) is 24.3 Å². The molecule has 0 saturated carbocycles. The molecule has 5 heteroatoms. The molecule has 2 rings (SSSR count). The van der Waals surface area contributed by atoms with Crippen molar-refractivity contribution in [1.29, 1.82) is 0 Å². The van der Waals surface area contributed by atoms with Crippen LogP contribution >= 0.6 is 11.6 Å². The van der Waals surface area contributed by atoms with Crippen LogP contribution in [0.3, 0.4) is 0 Å². The minimum atomic E-state index is -0.196. The molecule has 0 fully saturated rings. The molecule has 1 heterocycles. The summed E-state index contributed by atoms with van der Waals surface area (Å²) in [7, 11) is 0. The van der Waals surface area contributed by atoms with E-state index in [0.717, 1.165) is 11.4 Å². The number of alkyl halides is 1. The summed E-state index contributed by atoms with van der Waals surface area (Å²) in [6, 6.07) is 7.33. The van der Waals surface area contributed by atoms with Gasteiger partial charge in [-0.15, -0.1) is 11.6 Å². The Morgan fingerprint density at radius 1 is 1.35 bits per heavy atom. The lowest BCUT2D eigenvalue weighted by molar-refractivity contribution is -0.119. The van der Waals surface area contributed by atoms with Gasteiger partial charge < -0.3 is 9.80 Å². The molecule has 0 saturated heterocycles. The second-order valence-corrected chi connectivity index (χ2v) is 5.56. The number of hydrogen-bond acceptors (Lipinski definition) is 2. The molecule has 1 aliphatic heterocycles. The Morgan fingerprint density at radius 3 is 2.50 bits per heavy atom. The highest BCUT2D eigenvalue weighted by Gasteiger charge is 2.34. The minimum Gasteiger partial charge on any atom is -0.308 e. The van der Waals surface area contributed by atoms with Crippen molar-refractivity contribution in [3.63, 3.8) is 0 Å². The summed E-state index contributed by atoms with van der Waals surface area (Å²) < 4.78 is 0. The lowest BCUT2D eigenvalue weighted by Crippen LogP contribution is -2.40. The molecule has 0 spiro atoms. The molecular formula is C15H19ClN2O2. The maximum Gasteiger partial charge on any atom is 0.242 e. The molecule has 0 radical (unpaired) electrons. The molecule has 1 unspecified atom stereocenters. The van der Waals surface area contributed by atoms with Crippen LogP contribution in [0.1, 0.15) is 27.2 Å². The number of nitrogens with zero attached hydrogens (tertiary/aromatic N) is 2. The number of hydrogen-bond donors (Lipinski definition) is 0. The Bertz CT molecular complexity index is 530. The molecule has 1 atom stereocenters. The van der Waals surface area contributed by atoms with Gasteiger partial charge in [0.15, 0.2) is 0 Å². The first-order valence-corrected chi connectivity index (χ1v) is 7.30. The quantitative estimate of drug-likeness (QED) is 0.787. The molecule has 0 bridgehead atoms. The van der Waals surface area contributed by atoms with Crippen molar-refractivity contribution in [2.24, 2.45) is 0 Å². The second kappa shape index (κ2) is 5.83. The van der Waals surface area contributed by atoms with Gasteiger partial charge >= 0.3 is 0 Å². The van der Waals surface area contributed by atoms with Crippen molar-refractivity contribution in [2.75, 3.05) is 15.7 Å². The highest BCUT2D eigenvalue weighted by molar-refractivity contribution is 6.29. The molecule has 1 aliphatic rings. The van der Waals surface area contributed by atoms with Gasteiger partial charge in [0, 0.05) is 18.5 Å². The molecule has 1 aromatic rings. The van der Waals surface area contributed by atoms with E-state index in [1.165, 1.54) is 0 Å². The van der Waals surface area contributed by atoms with Crippen molar-refractivity contribution in [3.05, 3.63) is 24.3 Å². The second-order valence-electron chi connectivity index (χ2n) is 5.30. The topological polar surface area (TPSA) is 40.6 Å². The van der Waals surface area contributed by atoms with Crippen LogP contribution in [0, 0.1) is 0 Å². The smallest absolute Gasteiger partial charge is 0.242 e. The Labute approximate surface area is 124 Å². The van der Waals surface area contributed by atoms with Gasteiger partial charge in [0.2, 0.25) is 11.8 Å². The third-order valence-electron chi connectivity index (χ3n) is 3.48. The summed E-state index contributed by atoms with van der Waals surface area (Å²) in [5.74, 6) is -0.232. The Balaban J connectivity index is 2.60. The van der Waals surface area contributed by atoms with E-state index in [0.29, 0.717) is 6.42 Å². The van der Waals surface area contributed by atoms with Gasteiger partial charge in [-0.25, -0.2) is 0 Å². The Morgan fingerprint density at radius 2 is 1.95 bits per heavy atom. The molecule has 108 valence electrons. The monoisotopic (exact) mass is 294 g/mol. The molecular weight excluding hydrogens is 276 g/mol. The molecule has 20 heavy (non-hydrogen) atoms. The fourth-order valence-electron chi connectivity index (χ4n) is 2.70. The van der Waals surface area contributed by atoms with Crippen molar-refractivity contribution in [2.45, 2.75) is 39.3 Å². The highest BCUT2D eigenvalue weighted by Crippen LogP contribution is 2.36. The number of rotatable bonds is 2. The van der Waals surface area contributed by atoms with Gasteiger partial charge in [-0.05, 0) is 32.9 Å². The summed E-state index contributed by atoms with van der Waals surface area (Å²) in [5, 5.41) is 0. The van der Waals surface area contributed by atoms with E-state index in [4.69, 9.17) is 11.6 Å². The van der Waals surface area contributed by atoms with Crippen LogP contribution in [0.2, 0.25) is 0 Å². The number of benzene rings is 1. The van der Waals surface area contributed by atoms with E-state index < -0.39 is 0 Å². The lowest BCUT2D eigenvalue weighted by atomic mass is 10.2. The number of fused-ring (bicyclic) bond motifs is 1. The predicted octanol–water partition coefficient (Wildman–Crippen LogP) is 2.79. The summed E-state index contributed by atoms with van der Waals surface area (Å²) >= 11 is 5.72. The molecule has 0 aliphatic carbocycles. The van der Waals surface area contributed by atoms with Crippen molar-refractivity contribution >= 4 is 34.8 Å². The van der Waals surface area contributed by atoms with E-state index in [-0.39, 0.29) is 29.8 Å². The number of halogens is 1. The van der Waals surface area contributed by atoms with Gasteiger partial charge in [0.05, 0.1) is 11.4 Å². The maximum absolute atomic E-state index is 12.4. The predicted molar refractivity (Wildman–Crippen MR) is 81.3 cm³/mol. The summed E-state index contributed by atoms with van der Waals surface area (Å²) in [4.78, 5) is 28.0. The van der Waals surface area contributed by atoms with E-state index in [1.807, 2.05) is 45.0 Å². The first-order valence-electron chi connectivity index (χ1n) is 6.76. The normalized spacial score (nSPS) is 19.1. The fourth-order valence-corrected chi connectivity index (χ4v) is 2.83. The standard InChI is InChI=1S/C15H19ClN2O2/c1-10(2)17-12-6-4-5-7-13(12)18(15(20)9-16)11(3)8-14(17)19/h4-7,10-11H,8-9H2,1-3H3. The van der Waals surface area contributed by atoms with Crippen LogP contribution in [0.5, 0.6) is 0 Å². The Hall–Kier alpha value is -1.55. The fraction of sp³-hybridized carbons (Fsp3) is 0.467. The average Bonchev–Trinajstić information content (AvgIpc) is 2.50. The van der Waals surface area contributed by atoms with Crippen molar-refractivity contribution in [3.8, 4) is 0 Å². The van der Waals surface area contributed by atoms with Crippen LogP contribution in [-0.4, -0.2) is 29.8 Å². The van der Waals surface area contributed by atoms with Crippen molar-refractivity contribution < 1.29 is 9.59 Å². The third-order valence-corrected chi connectivity index (χ3v) is 3.71. The lowest BCUT2D eigenvalue weighted by Gasteiger charge is -2.29. The molecule has 0 N–H and O–H groups in total. The van der Waals surface area contributed by atoms with Crippen LogP contribution in [0.25, 0.3) is 0 Å². The van der Waals surface area contributed by atoms with Crippen LogP contribution < -0.4 is 9.80 Å². The number of carbonyl (C=O) groups is 2. The molecule has 1 aromatic carbocycles. The zero-order chi connectivity index (χ0) is 14.9. The average molecular weight is 295 g/mol. The third kappa shape index (κ3) is 2.52. The zero-order valence-corrected chi connectivity index (χ0v) is 12.7. The largest absolute Gasteiger partial charge is 0.308 e. The van der Waals surface area contributed by atoms with Gasteiger partial charge in [0.25, 0.3) is 0 Å².